The van der Waals surface area contributed by atoms with Gasteiger partial charge < -0.3 is 22.0 Å². The normalized spacial score (nSPS) is 11.7. The number of benzene rings is 2. The maximum absolute atomic E-state index is 14.2. The molecule has 0 heterocycles. The maximum atomic E-state index is 14.2. The van der Waals surface area contributed by atoms with Gasteiger partial charge in [0, 0.05) is 3.57 Å². The van der Waals surface area contributed by atoms with E-state index in [0.29, 0.717) is 6.07 Å². The van der Waals surface area contributed by atoms with Crippen molar-refractivity contribution in [2.24, 2.45) is 23.0 Å². The fraction of sp³-hybridized carbons (Fsp3) is 0.118. The lowest BCUT2D eigenvalue weighted by Crippen LogP contribution is -2.43. The van der Waals surface area contributed by atoms with Gasteiger partial charge in [-0.2, -0.15) is 0 Å². The van der Waals surface area contributed by atoms with E-state index < -0.39 is 64.5 Å². The molecule has 0 spiro atoms. The number of nitrogens with two attached hydrogens (primary N) is 4. The smallest absolute Gasteiger partial charge is 0.351 e. The minimum atomic E-state index is -1.59. The third kappa shape index (κ3) is 4.80. The summed E-state index contributed by atoms with van der Waals surface area (Å²) < 4.78 is 41.9. The Morgan fingerprint density at radius 2 is 1.67 bits per heavy atom. The maximum Gasteiger partial charge on any atom is 0.351 e. The Balaban J connectivity index is 2.26. The van der Waals surface area contributed by atoms with Crippen LogP contribution in [0.25, 0.3) is 0 Å². The number of hydrogen-bond donors (Lipinski definition) is 4. The monoisotopic (exact) mass is 537 g/mol. The fourth-order valence-corrected chi connectivity index (χ4v) is 2.96. The third-order valence-electron chi connectivity index (χ3n) is 3.91. The van der Waals surface area contributed by atoms with Crippen molar-refractivity contribution in [2.75, 3.05) is 5.17 Å². The van der Waals surface area contributed by atoms with E-state index in [1.54, 1.807) is 22.6 Å². The molecular formula is C17H15F3IN5O4. The summed E-state index contributed by atoms with van der Waals surface area (Å²) in [5.41, 5.74) is 14.0. The van der Waals surface area contributed by atoms with Crippen LogP contribution < -0.4 is 28.2 Å². The topological polar surface area (TPSA) is 168 Å². The van der Waals surface area contributed by atoms with Crippen LogP contribution in [0, 0.1) is 21.0 Å². The predicted octanol–water partition coefficient (Wildman–Crippen LogP) is 0.615. The summed E-state index contributed by atoms with van der Waals surface area (Å²) in [5, 5.41) is 0.00418. The highest BCUT2D eigenvalue weighted by Gasteiger charge is 2.27. The van der Waals surface area contributed by atoms with Crippen LogP contribution in [-0.4, -0.2) is 23.8 Å². The van der Waals surface area contributed by atoms with E-state index in [4.69, 9.17) is 23.0 Å². The van der Waals surface area contributed by atoms with Gasteiger partial charge in [0.15, 0.2) is 11.6 Å². The molecule has 0 aliphatic rings. The molecule has 0 fully saturated rings. The second kappa shape index (κ2) is 9.27. The molecule has 8 N–H and O–H groups in total. The molecule has 0 radical (unpaired) electrons. The number of nitrogens with zero attached hydrogens (tertiary/aromatic N) is 1. The third-order valence-corrected chi connectivity index (χ3v) is 4.75. The summed E-state index contributed by atoms with van der Waals surface area (Å²) in [6.07, 6.45) is -0.396. The number of primary amides is 2. The van der Waals surface area contributed by atoms with E-state index in [2.05, 4.69) is 4.84 Å². The molecular weight excluding hydrogens is 522 g/mol. The van der Waals surface area contributed by atoms with E-state index in [1.807, 2.05) is 0 Å². The average Bonchev–Trinajstić information content (AvgIpc) is 2.65. The second-order valence-electron chi connectivity index (χ2n) is 5.93. The van der Waals surface area contributed by atoms with Crippen molar-refractivity contribution < 1.29 is 32.4 Å². The number of hydrazine groups is 1. The molecule has 160 valence electrons. The molecule has 30 heavy (non-hydrogen) atoms. The largest absolute Gasteiger partial charge is 0.366 e. The molecule has 0 bridgehead atoms. The predicted molar refractivity (Wildman–Crippen MR) is 107 cm³/mol. The Morgan fingerprint density at radius 1 is 1.03 bits per heavy atom. The molecule has 9 nitrogen and oxygen atoms in total. The summed E-state index contributed by atoms with van der Waals surface area (Å²) in [6.45, 7) is 0. The Morgan fingerprint density at radius 3 is 2.23 bits per heavy atom. The number of carbonyl (C=O) groups is 3. The average molecular weight is 537 g/mol. The van der Waals surface area contributed by atoms with Gasteiger partial charge in [0.1, 0.15) is 17.5 Å². The van der Waals surface area contributed by atoms with Crippen molar-refractivity contribution in [1.29, 1.82) is 0 Å². The number of anilines is 1. The zero-order valence-electron chi connectivity index (χ0n) is 15.0. The summed E-state index contributed by atoms with van der Waals surface area (Å²) in [7, 11) is 0. The van der Waals surface area contributed by atoms with Gasteiger partial charge in [-0.25, -0.2) is 23.8 Å². The molecule has 0 aromatic heterocycles. The van der Waals surface area contributed by atoms with Gasteiger partial charge >= 0.3 is 5.97 Å². The first kappa shape index (κ1) is 23.4. The standard InChI is InChI=1S/C17H15F3IN5O4/c18-8-3-2-7(15(23)27)14(12(8)19)26(25)30-17(29)10(22)5-6-1-4-9(21)13(20)11(6)16(24)28/h1-4,10H,5,22,25H2,(H2,23,27)(H2,24,28). The SMILES string of the molecule is NC(=O)c1ccc(F)c(F)c1N(N)OC(=O)C(N)Cc1ccc(I)c(F)c1C(N)=O. The summed E-state index contributed by atoms with van der Waals surface area (Å²) in [4.78, 5) is 39.9. The van der Waals surface area contributed by atoms with E-state index in [9.17, 15) is 27.6 Å². The molecule has 0 aliphatic carbocycles. The summed E-state index contributed by atoms with van der Waals surface area (Å²) in [5.74, 6) is -1.91. The number of halogens is 4. The first-order chi connectivity index (χ1) is 14.0. The van der Waals surface area contributed by atoms with Gasteiger partial charge in [0.25, 0.3) is 11.8 Å². The molecule has 0 saturated carbocycles. The fourth-order valence-electron chi connectivity index (χ4n) is 2.51. The number of rotatable bonds is 7. The first-order valence-corrected chi connectivity index (χ1v) is 9.10. The van der Waals surface area contributed by atoms with Crippen molar-refractivity contribution in [2.45, 2.75) is 12.5 Å². The molecule has 0 saturated heterocycles. The van der Waals surface area contributed by atoms with Crippen molar-refractivity contribution in [3.8, 4) is 0 Å². The molecule has 1 atom stereocenters. The highest BCUT2D eigenvalue weighted by atomic mass is 127. The Labute approximate surface area is 181 Å². The molecule has 2 aromatic rings. The number of amides is 2. The van der Waals surface area contributed by atoms with Crippen LogP contribution in [-0.2, 0) is 16.1 Å². The Bertz CT molecular complexity index is 1040. The lowest BCUT2D eigenvalue weighted by atomic mass is 9.99. The molecule has 1 unspecified atom stereocenters. The van der Waals surface area contributed by atoms with E-state index in [0.717, 1.165) is 6.07 Å². The van der Waals surface area contributed by atoms with Crippen molar-refractivity contribution >= 4 is 46.1 Å². The number of carbonyl (C=O) groups excluding carboxylic acids is 3. The van der Waals surface area contributed by atoms with E-state index in [1.165, 1.54) is 12.1 Å². The Kier molecular flexibility index (Phi) is 7.22. The highest BCUT2D eigenvalue weighted by Crippen LogP contribution is 2.25. The zero-order valence-corrected chi connectivity index (χ0v) is 17.2. The number of hydrogen-bond acceptors (Lipinski definition) is 7. The van der Waals surface area contributed by atoms with Gasteiger partial charge in [0.2, 0.25) is 0 Å². The van der Waals surface area contributed by atoms with E-state index in [-0.39, 0.29) is 14.3 Å². The van der Waals surface area contributed by atoms with Gasteiger partial charge in [-0.05, 0) is 52.8 Å². The zero-order chi connectivity index (χ0) is 22.7. The van der Waals surface area contributed by atoms with Crippen LogP contribution in [0.5, 0.6) is 0 Å². The van der Waals surface area contributed by atoms with Gasteiger partial charge in [0.05, 0.1) is 11.1 Å². The second-order valence-corrected chi connectivity index (χ2v) is 7.09. The van der Waals surface area contributed by atoms with Crippen molar-refractivity contribution in [3.63, 3.8) is 0 Å². The van der Waals surface area contributed by atoms with Crippen LogP contribution in [0.1, 0.15) is 26.3 Å². The lowest BCUT2D eigenvalue weighted by Gasteiger charge is -2.22. The molecule has 2 amide bonds. The van der Waals surface area contributed by atoms with Gasteiger partial charge in [-0.1, -0.05) is 6.07 Å². The van der Waals surface area contributed by atoms with Crippen LogP contribution in [0.2, 0.25) is 0 Å². The molecule has 13 heteroatoms. The van der Waals surface area contributed by atoms with Crippen LogP contribution in [0.4, 0.5) is 18.9 Å². The molecule has 2 aromatic carbocycles. The van der Waals surface area contributed by atoms with Crippen LogP contribution in [0.3, 0.4) is 0 Å². The minimum absolute atomic E-state index is 0.00418. The van der Waals surface area contributed by atoms with Gasteiger partial charge in [-0.3, -0.25) is 9.59 Å². The van der Waals surface area contributed by atoms with Crippen LogP contribution in [0.15, 0.2) is 24.3 Å². The highest BCUT2D eigenvalue weighted by molar-refractivity contribution is 14.1. The summed E-state index contributed by atoms with van der Waals surface area (Å²) >= 11 is 1.65. The van der Waals surface area contributed by atoms with Crippen molar-refractivity contribution in [1.82, 2.24) is 0 Å². The van der Waals surface area contributed by atoms with Crippen molar-refractivity contribution in [3.05, 3.63) is 62.0 Å². The summed E-state index contributed by atoms with van der Waals surface area (Å²) in [6, 6.07) is 2.65. The quantitative estimate of drug-likeness (QED) is 0.228. The van der Waals surface area contributed by atoms with Gasteiger partial charge in [-0.15, -0.1) is 5.17 Å². The molecule has 0 aliphatic heterocycles. The van der Waals surface area contributed by atoms with E-state index >= 15 is 0 Å². The van der Waals surface area contributed by atoms with Crippen LogP contribution >= 0.6 is 22.6 Å². The lowest BCUT2D eigenvalue weighted by molar-refractivity contribution is -0.146. The minimum Gasteiger partial charge on any atom is -0.366 e. The first-order valence-electron chi connectivity index (χ1n) is 8.02. The Hall–Kier alpha value is -2.91. The molecule has 2 rings (SSSR count).